The van der Waals surface area contributed by atoms with Gasteiger partial charge in [-0.25, -0.2) is 8.78 Å². The molecule has 158 valence electrons. The Balaban J connectivity index is 1.79. The van der Waals surface area contributed by atoms with Gasteiger partial charge in [-0.2, -0.15) is 0 Å². The van der Waals surface area contributed by atoms with Gasteiger partial charge in [0, 0.05) is 36.1 Å². The molecule has 0 spiro atoms. The summed E-state index contributed by atoms with van der Waals surface area (Å²) in [6, 6.07) is 2.21. The van der Waals surface area contributed by atoms with Crippen molar-refractivity contribution in [1.29, 1.82) is 0 Å². The monoisotopic (exact) mass is 396 g/mol. The molecular formula is C22H34F2N2O2. The second-order valence-corrected chi connectivity index (χ2v) is 10.8. The van der Waals surface area contributed by atoms with Crippen LogP contribution in [0.15, 0.2) is 12.1 Å². The molecule has 0 aromatic heterocycles. The lowest BCUT2D eigenvalue weighted by atomic mass is 9.97. The lowest BCUT2D eigenvalue weighted by Crippen LogP contribution is -2.48. The van der Waals surface area contributed by atoms with Crippen molar-refractivity contribution in [2.75, 3.05) is 0 Å². The van der Waals surface area contributed by atoms with Crippen molar-refractivity contribution in [2.45, 2.75) is 103 Å². The van der Waals surface area contributed by atoms with Crippen molar-refractivity contribution in [3.63, 3.8) is 0 Å². The average Bonchev–Trinajstić information content (AvgIpc) is 2.81. The zero-order valence-electron chi connectivity index (χ0n) is 18.3. The van der Waals surface area contributed by atoms with Gasteiger partial charge in [-0.1, -0.05) is 0 Å². The first-order valence-corrected chi connectivity index (χ1v) is 10.0. The molecule has 0 aliphatic carbocycles. The predicted molar refractivity (Wildman–Crippen MR) is 107 cm³/mol. The first-order valence-electron chi connectivity index (χ1n) is 10.0. The van der Waals surface area contributed by atoms with Crippen molar-refractivity contribution in [3.05, 3.63) is 23.8 Å². The van der Waals surface area contributed by atoms with E-state index < -0.39 is 11.6 Å². The highest BCUT2D eigenvalue weighted by Crippen LogP contribution is 2.38. The number of benzene rings is 1. The maximum Gasteiger partial charge on any atom is 0.168 e. The Morgan fingerprint density at radius 1 is 0.714 bits per heavy atom. The molecule has 3 rings (SSSR count). The van der Waals surface area contributed by atoms with Gasteiger partial charge in [0.1, 0.15) is 12.2 Å². The van der Waals surface area contributed by atoms with Gasteiger partial charge in [0.25, 0.3) is 0 Å². The van der Waals surface area contributed by atoms with Gasteiger partial charge in [-0.3, -0.25) is 0 Å². The van der Waals surface area contributed by atoms with Crippen LogP contribution in [0.4, 0.5) is 8.78 Å². The molecule has 1 aromatic rings. The molecule has 1 aromatic carbocycles. The van der Waals surface area contributed by atoms with Crippen LogP contribution in [0.2, 0.25) is 0 Å². The maximum atomic E-state index is 14.7. The molecule has 2 aliphatic rings. The summed E-state index contributed by atoms with van der Waals surface area (Å²) in [6.45, 7) is 16.3. The smallest absolute Gasteiger partial charge is 0.168 e. The number of nitrogens with one attached hydrogen (secondary N) is 2. The Labute approximate surface area is 167 Å². The molecule has 6 heteroatoms. The Morgan fingerprint density at radius 2 is 1.04 bits per heavy atom. The summed E-state index contributed by atoms with van der Waals surface area (Å²) in [5, 5.41) is 6.95. The summed E-state index contributed by atoms with van der Waals surface area (Å²) in [5.41, 5.74) is -0.931. The van der Waals surface area contributed by atoms with Gasteiger partial charge >= 0.3 is 0 Å². The second kappa shape index (κ2) is 6.56. The summed E-state index contributed by atoms with van der Waals surface area (Å²) in [5.74, 6) is -1.38. The molecular weight excluding hydrogens is 362 g/mol. The van der Waals surface area contributed by atoms with E-state index in [4.69, 9.17) is 9.47 Å². The Morgan fingerprint density at radius 3 is 1.29 bits per heavy atom. The lowest BCUT2D eigenvalue weighted by molar-refractivity contribution is 0.129. The van der Waals surface area contributed by atoms with Gasteiger partial charge in [-0.15, -0.1) is 0 Å². The van der Waals surface area contributed by atoms with E-state index in [0.717, 1.165) is 12.1 Å². The zero-order chi connectivity index (χ0) is 21.1. The summed E-state index contributed by atoms with van der Waals surface area (Å²) >= 11 is 0. The van der Waals surface area contributed by atoms with Crippen LogP contribution in [-0.4, -0.2) is 34.4 Å². The normalized spacial score (nSPS) is 29.6. The summed E-state index contributed by atoms with van der Waals surface area (Å²) < 4.78 is 41.3. The van der Waals surface area contributed by atoms with E-state index in [9.17, 15) is 8.78 Å². The van der Waals surface area contributed by atoms with Gasteiger partial charge in [0.05, 0.1) is 11.1 Å². The number of hydrogen-bond acceptors (Lipinski definition) is 4. The highest BCUT2D eigenvalue weighted by Gasteiger charge is 2.47. The van der Waals surface area contributed by atoms with Crippen molar-refractivity contribution in [2.24, 2.45) is 0 Å². The Bertz CT molecular complexity index is 695. The number of hydrogen-bond donors (Lipinski definition) is 2. The minimum Gasteiger partial charge on any atom is -0.485 e. The van der Waals surface area contributed by atoms with Crippen LogP contribution >= 0.6 is 0 Å². The van der Waals surface area contributed by atoms with Crippen LogP contribution in [0.3, 0.4) is 0 Å². The number of halogens is 2. The Kier molecular flexibility index (Phi) is 4.99. The minimum absolute atomic E-state index is 0.0773. The molecule has 2 saturated heterocycles. The topological polar surface area (TPSA) is 42.5 Å². The first kappa shape index (κ1) is 21.3. The predicted octanol–water partition coefficient (Wildman–Crippen LogP) is 4.56. The summed E-state index contributed by atoms with van der Waals surface area (Å²) in [6.07, 6.45) is 0.885. The highest BCUT2D eigenvalue weighted by molar-refractivity contribution is 5.36. The minimum atomic E-state index is -0.611. The number of ether oxygens (including phenoxy) is 2. The van der Waals surface area contributed by atoms with E-state index in [-0.39, 0.29) is 45.9 Å². The lowest BCUT2D eigenvalue weighted by Gasteiger charge is -2.29. The van der Waals surface area contributed by atoms with Crippen molar-refractivity contribution in [1.82, 2.24) is 10.6 Å². The molecule has 0 saturated carbocycles. The molecule has 2 heterocycles. The van der Waals surface area contributed by atoms with Crippen LogP contribution in [0, 0.1) is 11.6 Å². The van der Waals surface area contributed by atoms with Crippen molar-refractivity contribution in [3.8, 4) is 11.5 Å². The molecule has 2 unspecified atom stereocenters. The molecule has 2 aliphatic heterocycles. The van der Waals surface area contributed by atoms with E-state index in [1.807, 2.05) is 27.7 Å². The van der Waals surface area contributed by atoms with Crippen LogP contribution in [0.25, 0.3) is 0 Å². The second-order valence-electron chi connectivity index (χ2n) is 10.8. The van der Waals surface area contributed by atoms with Gasteiger partial charge < -0.3 is 20.1 Å². The SMILES string of the molecule is CC1(C)CC(Oc2cc(F)c(OC3CC(C)(C)NC3(C)C)cc2F)C(C)(C)N1. The van der Waals surface area contributed by atoms with E-state index in [1.165, 1.54) is 0 Å². The fourth-order valence-electron chi connectivity index (χ4n) is 4.82. The van der Waals surface area contributed by atoms with E-state index in [1.54, 1.807) is 0 Å². The van der Waals surface area contributed by atoms with E-state index in [0.29, 0.717) is 12.8 Å². The highest BCUT2D eigenvalue weighted by atomic mass is 19.1. The summed E-state index contributed by atoms with van der Waals surface area (Å²) in [7, 11) is 0. The standard InChI is InChI=1S/C22H34F2N2O2/c1-19(2)11-17(21(5,6)25-19)27-15-9-14(24)16(10-13(15)23)28-18-12-20(3,4)26-22(18,7)8/h9-10,17-18,25-26H,11-12H2,1-8H3. The molecule has 28 heavy (non-hydrogen) atoms. The molecule has 0 bridgehead atoms. The fourth-order valence-corrected chi connectivity index (χ4v) is 4.82. The molecule has 2 N–H and O–H groups in total. The van der Waals surface area contributed by atoms with E-state index in [2.05, 4.69) is 38.3 Å². The number of rotatable bonds is 4. The third-order valence-corrected chi connectivity index (χ3v) is 5.85. The van der Waals surface area contributed by atoms with Crippen LogP contribution in [-0.2, 0) is 0 Å². The van der Waals surface area contributed by atoms with Gasteiger partial charge in [-0.05, 0) is 55.4 Å². The van der Waals surface area contributed by atoms with Crippen LogP contribution in [0.5, 0.6) is 11.5 Å². The Hall–Kier alpha value is -1.40. The molecule has 0 amide bonds. The third kappa shape index (κ3) is 4.28. The molecule has 0 radical (unpaired) electrons. The quantitative estimate of drug-likeness (QED) is 0.783. The van der Waals surface area contributed by atoms with Gasteiger partial charge in [0.2, 0.25) is 0 Å². The van der Waals surface area contributed by atoms with Gasteiger partial charge in [0.15, 0.2) is 23.1 Å². The first-order chi connectivity index (χ1) is 12.6. The van der Waals surface area contributed by atoms with Crippen molar-refractivity contribution >= 4 is 0 Å². The third-order valence-electron chi connectivity index (χ3n) is 5.85. The maximum absolute atomic E-state index is 14.7. The molecule has 2 fully saturated rings. The summed E-state index contributed by atoms with van der Waals surface area (Å²) in [4.78, 5) is 0. The van der Waals surface area contributed by atoms with Crippen LogP contribution in [0.1, 0.15) is 68.2 Å². The average molecular weight is 397 g/mol. The fraction of sp³-hybridized carbons (Fsp3) is 0.727. The van der Waals surface area contributed by atoms with E-state index >= 15 is 0 Å². The molecule has 2 atom stereocenters. The largest absolute Gasteiger partial charge is 0.485 e. The zero-order valence-corrected chi connectivity index (χ0v) is 18.3. The molecule has 4 nitrogen and oxygen atoms in total. The van der Waals surface area contributed by atoms with Crippen molar-refractivity contribution < 1.29 is 18.3 Å². The van der Waals surface area contributed by atoms with Crippen LogP contribution < -0.4 is 20.1 Å².